The van der Waals surface area contributed by atoms with E-state index in [1.54, 1.807) is 0 Å². The molecule has 0 saturated heterocycles. The van der Waals surface area contributed by atoms with E-state index in [0.29, 0.717) is 23.4 Å². The summed E-state index contributed by atoms with van der Waals surface area (Å²) in [6.07, 6.45) is 12.4. The number of fused-ring (bicyclic) bond motifs is 1. The van der Waals surface area contributed by atoms with Crippen LogP contribution in [0.3, 0.4) is 0 Å². The number of rotatable bonds is 5. The topological polar surface area (TPSA) is 95.5 Å². The number of carboxylic acids is 1. The van der Waals surface area contributed by atoms with Crippen LogP contribution in [0.15, 0.2) is 0 Å². The third-order valence-electron chi connectivity index (χ3n) is 7.00. The van der Waals surface area contributed by atoms with Crippen molar-refractivity contribution in [3.8, 4) is 0 Å². The van der Waals surface area contributed by atoms with Crippen LogP contribution in [0, 0.1) is 11.8 Å². The van der Waals surface area contributed by atoms with Crippen molar-refractivity contribution in [2.24, 2.45) is 11.8 Å². The lowest BCUT2D eigenvalue weighted by atomic mass is 9.78. The molecule has 0 aromatic carbocycles. The highest BCUT2D eigenvalue weighted by Crippen LogP contribution is 2.39. The van der Waals surface area contributed by atoms with Gasteiger partial charge in [0, 0.05) is 10.9 Å². The normalized spacial score (nSPS) is 24.7. The number of hydrogen-bond donors (Lipinski definition) is 3. The van der Waals surface area contributed by atoms with E-state index in [2.05, 4.69) is 10.6 Å². The van der Waals surface area contributed by atoms with E-state index in [-0.39, 0.29) is 17.9 Å². The minimum atomic E-state index is -0.893. The highest BCUT2D eigenvalue weighted by molar-refractivity contribution is 7.17. The zero-order valence-electron chi connectivity index (χ0n) is 17.5. The smallest absolute Gasteiger partial charge is 0.307 e. The van der Waals surface area contributed by atoms with Gasteiger partial charge in [0.1, 0.15) is 5.00 Å². The molecule has 0 unspecified atom stereocenters. The van der Waals surface area contributed by atoms with Crippen LogP contribution in [0.1, 0.15) is 91.4 Å². The van der Waals surface area contributed by atoms with E-state index >= 15 is 0 Å². The molecule has 0 radical (unpaired) electrons. The predicted molar refractivity (Wildman–Crippen MR) is 117 cm³/mol. The second kappa shape index (κ2) is 9.50. The number of carboxylic acid groups (broad SMARTS) is 1. The van der Waals surface area contributed by atoms with Gasteiger partial charge in [0.15, 0.2) is 0 Å². The Morgan fingerprint density at radius 1 is 0.833 bits per heavy atom. The van der Waals surface area contributed by atoms with Crippen LogP contribution >= 0.6 is 11.3 Å². The summed E-state index contributed by atoms with van der Waals surface area (Å²) in [6, 6.07) is 0.212. The number of nitrogens with one attached hydrogen (secondary N) is 2. The van der Waals surface area contributed by atoms with Crippen molar-refractivity contribution >= 4 is 34.1 Å². The third-order valence-corrected chi connectivity index (χ3v) is 8.20. The third kappa shape index (κ3) is 4.56. The molecule has 2 saturated carbocycles. The molecule has 0 spiro atoms. The predicted octanol–water partition coefficient (Wildman–Crippen LogP) is 4.52. The standard InChI is InChI=1S/C23H32N2O4S/c26-20(15-10-4-5-11-16(15)23(28)29)25-22-19(17-12-6-7-13-18(17)30-22)21(27)24-14-8-2-1-3-9-14/h14-16H,1-13H2,(H,24,27)(H,25,26)(H,28,29)/t15-,16-/m1/s1. The van der Waals surface area contributed by atoms with Gasteiger partial charge in [-0.25, -0.2) is 0 Å². The quantitative estimate of drug-likeness (QED) is 0.637. The monoisotopic (exact) mass is 432 g/mol. The van der Waals surface area contributed by atoms with Crippen molar-refractivity contribution < 1.29 is 19.5 Å². The fourth-order valence-electron chi connectivity index (χ4n) is 5.34. The molecule has 7 heteroatoms. The molecule has 0 aliphatic heterocycles. The minimum absolute atomic E-state index is 0.0740. The number of anilines is 1. The van der Waals surface area contributed by atoms with Gasteiger partial charge in [0.2, 0.25) is 5.91 Å². The number of thiophene rings is 1. The SMILES string of the molecule is O=C(NC1CCCCC1)c1c(NC(=O)[C@@H]2CCCC[C@H]2C(=O)O)sc2c1CCCC2. The van der Waals surface area contributed by atoms with E-state index in [9.17, 15) is 19.5 Å². The number of hydrogen-bond acceptors (Lipinski definition) is 4. The Kier molecular flexibility index (Phi) is 6.76. The number of carbonyl (C=O) groups excluding carboxylic acids is 2. The number of carbonyl (C=O) groups is 3. The van der Waals surface area contributed by atoms with Crippen LogP contribution in [0.4, 0.5) is 5.00 Å². The summed E-state index contributed by atoms with van der Waals surface area (Å²) in [5.41, 5.74) is 1.73. The molecule has 2 atom stereocenters. The van der Waals surface area contributed by atoms with Gasteiger partial charge in [-0.05, 0) is 56.9 Å². The zero-order chi connectivity index (χ0) is 21.1. The Hall–Kier alpha value is -1.89. The molecule has 3 aliphatic carbocycles. The van der Waals surface area contributed by atoms with E-state index in [1.165, 1.54) is 22.6 Å². The number of aliphatic carboxylic acids is 1. The fraction of sp³-hybridized carbons (Fsp3) is 0.696. The van der Waals surface area contributed by atoms with Crippen molar-refractivity contribution in [1.82, 2.24) is 5.32 Å². The lowest BCUT2D eigenvalue weighted by Gasteiger charge is -2.27. The minimum Gasteiger partial charge on any atom is -0.481 e. The molecule has 1 heterocycles. The van der Waals surface area contributed by atoms with Crippen molar-refractivity contribution in [3.63, 3.8) is 0 Å². The molecule has 2 fully saturated rings. The van der Waals surface area contributed by atoms with Crippen LogP contribution in [0.25, 0.3) is 0 Å². The molecular weight excluding hydrogens is 400 g/mol. The maximum absolute atomic E-state index is 13.2. The molecule has 2 amide bonds. The highest BCUT2D eigenvalue weighted by atomic mass is 32.1. The molecule has 6 nitrogen and oxygen atoms in total. The molecule has 4 rings (SSSR count). The van der Waals surface area contributed by atoms with Crippen molar-refractivity contribution in [1.29, 1.82) is 0 Å². The summed E-state index contributed by atoms with van der Waals surface area (Å²) in [5, 5.41) is 16.4. The van der Waals surface area contributed by atoms with Crippen molar-refractivity contribution in [3.05, 3.63) is 16.0 Å². The zero-order valence-corrected chi connectivity index (χ0v) is 18.3. The largest absolute Gasteiger partial charge is 0.481 e. The average Bonchev–Trinajstić information content (AvgIpc) is 3.12. The first-order chi connectivity index (χ1) is 14.5. The van der Waals surface area contributed by atoms with Crippen LogP contribution < -0.4 is 10.6 Å². The Balaban J connectivity index is 1.56. The molecule has 30 heavy (non-hydrogen) atoms. The van der Waals surface area contributed by atoms with Gasteiger partial charge in [-0.15, -0.1) is 11.3 Å². The highest BCUT2D eigenvalue weighted by Gasteiger charge is 2.37. The second-order valence-corrected chi connectivity index (χ2v) is 10.2. The first-order valence-corrected chi connectivity index (χ1v) is 12.4. The molecule has 1 aromatic heterocycles. The van der Waals surface area contributed by atoms with Crippen LogP contribution in [0.2, 0.25) is 0 Å². The van der Waals surface area contributed by atoms with Gasteiger partial charge in [0.25, 0.3) is 5.91 Å². The van der Waals surface area contributed by atoms with Crippen LogP contribution in [-0.2, 0) is 22.4 Å². The first-order valence-electron chi connectivity index (χ1n) is 11.5. The van der Waals surface area contributed by atoms with E-state index in [0.717, 1.165) is 69.8 Å². The summed E-state index contributed by atoms with van der Waals surface area (Å²) in [6.45, 7) is 0. The van der Waals surface area contributed by atoms with Gasteiger partial charge in [0.05, 0.1) is 17.4 Å². The Labute approximate surface area is 181 Å². The molecule has 0 bridgehead atoms. The Morgan fingerprint density at radius 3 is 2.23 bits per heavy atom. The lowest BCUT2D eigenvalue weighted by Crippen LogP contribution is -2.38. The average molecular weight is 433 g/mol. The van der Waals surface area contributed by atoms with E-state index in [1.807, 2.05) is 0 Å². The van der Waals surface area contributed by atoms with Crippen molar-refractivity contribution in [2.75, 3.05) is 5.32 Å². The molecule has 3 N–H and O–H groups in total. The lowest BCUT2D eigenvalue weighted by molar-refractivity contribution is -0.147. The summed E-state index contributed by atoms with van der Waals surface area (Å²) in [5.74, 6) is -2.37. The Morgan fingerprint density at radius 2 is 1.50 bits per heavy atom. The van der Waals surface area contributed by atoms with Gasteiger partial charge < -0.3 is 15.7 Å². The maximum atomic E-state index is 13.2. The van der Waals surface area contributed by atoms with E-state index < -0.39 is 17.8 Å². The van der Waals surface area contributed by atoms with Crippen LogP contribution in [0.5, 0.6) is 0 Å². The fourth-order valence-corrected chi connectivity index (χ4v) is 6.63. The summed E-state index contributed by atoms with van der Waals surface area (Å²) in [4.78, 5) is 39.1. The molecular formula is C23H32N2O4S. The first kappa shape index (κ1) is 21.3. The second-order valence-electron chi connectivity index (χ2n) is 9.05. The van der Waals surface area contributed by atoms with E-state index in [4.69, 9.17) is 0 Å². The summed E-state index contributed by atoms with van der Waals surface area (Å²) in [7, 11) is 0. The molecule has 1 aromatic rings. The summed E-state index contributed by atoms with van der Waals surface area (Å²) < 4.78 is 0. The van der Waals surface area contributed by atoms with Gasteiger partial charge in [-0.1, -0.05) is 32.1 Å². The number of amides is 2. The van der Waals surface area contributed by atoms with Gasteiger partial charge in [-0.2, -0.15) is 0 Å². The maximum Gasteiger partial charge on any atom is 0.307 e. The molecule has 164 valence electrons. The summed E-state index contributed by atoms with van der Waals surface area (Å²) >= 11 is 1.51. The van der Waals surface area contributed by atoms with Crippen molar-refractivity contribution in [2.45, 2.75) is 89.5 Å². The van der Waals surface area contributed by atoms with Crippen LogP contribution in [-0.4, -0.2) is 28.9 Å². The molecule has 3 aliphatic rings. The van der Waals surface area contributed by atoms with Gasteiger partial charge in [-0.3, -0.25) is 14.4 Å². The Bertz CT molecular complexity index is 812. The van der Waals surface area contributed by atoms with Gasteiger partial charge >= 0.3 is 5.97 Å². The number of aryl methyl sites for hydroxylation is 1.